The van der Waals surface area contributed by atoms with Crippen molar-refractivity contribution in [1.29, 1.82) is 0 Å². The SMILES string of the molecule is CCC(C)Cn1nc(C(=O)N[C@@H](CCC2CCCCC2)CN(C)CCOC)cc1-c1c(OC)cccc1OC. The summed E-state index contributed by atoms with van der Waals surface area (Å²) in [5, 5.41) is 8.15. The molecule has 8 heteroatoms. The maximum absolute atomic E-state index is 13.7. The van der Waals surface area contributed by atoms with Gasteiger partial charge in [0.25, 0.3) is 5.91 Å². The van der Waals surface area contributed by atoms with Gasteiger partial charge in [0.15, 0.2) is 5.69 Å². The Morgan fingerprint density at radius 3 is 2.46 bits per heavy atom. The number of rotatable bonds is 16. The van der Waals surface area contributed by atoms with Crippen molar-refractivity contribution >= 4 is 5.91 Å². The zero-order valence-corrected chi connectivity index (χ0v) is 25.0. The highest BCUT2D eigenvalue weighted by atomic mass is 16.5. The highest BCUT2D eigenvalue weighted by Gasteiger charge is 2.25. The largest absolute Gasteiger partial charge is 0.496 e. The van der Waals surface area contributed by atoms with Crippen molar-refractivity contribution in [3.63, 3.8) is 0 Å². The van der Waals surface area contributed by atoms with Crippen LogP contribution < -0.4 is 14.8 Å². The van der Waals surface area contributed by atoms with E-state index in [0.29, 0.717) is 36.3 Å². The molecule has 2 atom stereocenters. The Labute approximate surface area is 235 Å². The molecule has 1 aliphatic carbocycles. The highest BCUT2D eigenvalue weighted by molar-refractivity contribution is 5.94. The first-order valence-corrected chi connectivity index (χ1v) is 14.7. The molecule has 1 amide bonds. The van der Waals surface area contributed by atoms with E-state index in [2.05, 4.69) is 31.1 Å². The molecule has 39 heavy (non-hydrogen) atoms. The van der Waals surface area contributed by atoms with Crippen molar-refractivity contribution in [2.75, 3.05) is 48.1 Å². The van der Waals surface area contributed by atoms with E-state index < -0.39 is 0 Å². The number of amides is 1. The summed E-state index contributed by atoms with van der Waals surface area (Å²) in [7, 11) is 7.11. The van der Waals surface area contributed by atoms with E-state index >= 15 is 0 Å². The number of hydrogen-bond donors (Lipinski definition) is 1. The van der Waals surface area contributed by atoms with Gasteiger partial charge in [-0.15, -0.1) is 0 Å². The summed E-state index contributed by atoms with van der Waals surface area (Å²) in [4.78, 5) is 15.9. The van der Waals surface area contributed by atoms with Gasteiger partial charge in [0, 0.05) is 32.8 Å². The minimum absolute atomic E-state index is 0.0465. The van der Waals surface area contributed by atoms with E-state index in [4.69, 9.17) is 19.3 Å². The molecule has 1 aromatic carbocycles. The Morgan fingerprint density at radius 1 is 1.15 bits per heavy atom. The summed E-state index contributed by atoms with van der Waals surface area (Å²) >= 11 is 0. The van der Waals surface area contributed by atoms with Crippen molar-refractivity contribution in [1.82, 2.24) is 20.0 Å². The van der Waals surface area contributed by atoms with Gasteiger partial charge in [0.05, 0.1) is 32.1 Å². The molecule has 218 valence electrons. The molecule has 0 saturated heterocycles. The van der Waals surface area contributed by atoms with Crippen LogP contribution in [0.3, 0.4) is 0 Å². The van der Waals surface area contributed by atoms with Crippen LogP contribution in [0, 0.1) is 11.8 Å². The van der Waals surface area contributed by atoms with Crippen LogP contribution in [0.5, 0.6) is 11.5 Å². The van der Waals surface area contributed by atoms with E-state index in [1.54, 1.807) is 21.3 Å². The van der Waals surface area contributed by atoms with Gasteiger partial charge in [0.1, 0.15) is 11.5 Å². The van der Waals surface area contributed by atoms with Gasteiger partial charge < -0.3 is 24.4 Å². The van der Waals surface area contributed by atoms with Gasteiger partial charge in [-0.25, -0.2) is 0 Å². The molecule has 8 nitrogen and oxygen atoms in total. The third kappa shape index (κ3) is 8.97. The Kier molecular flexibility index (Phi) is 12.6. The normalized spacial score (nSPS) is 15.8. The minimum atomic E-state index is -0.137. The summed E-state index contributed by atoms with van der Waals surface area (Å²) < 4.78 is 18.6. The van der Waals surface area contributed by atoms with Crippen LogP contribution >= 0.6 is 0 Å². The second-order valence-corrected chi connectivity index (χ2v) is 11.2. The number of carbonyl (C=O) groups is 1. The van der Waals surface area contributed by atoms with E-state index in [1.165, 1.54) is 32.1 Å². The minimum Gasteiger partial charge on any atom is -0.496 e. The van der Waals surface area contributed by atoms with Gasteiger partial charge in [-0.3, -0.25) is 9.48 Å². The van der Waals surface area contributed by atoms with E-state index in [9.17, 15) is 4.79 Å². The van der Waals surface area contributed by atoms with Crippen LogP contribution in [0.25, 0.3) is 11.3 Å². The molecule has 0 radical (unpaired) electrons. The number of nitrogens with one attached hydrogen (secondary N) is 1. The molecule has 0 aliphatic heterocycles. The molecule has 0 bridgehead atoms. The number of methoxy groups -OCH3 is 3. The molecule has 1 fully saturated rings. The first-order valence-electron chi connectivity index (χ1n) is 14.7. The predicted octanol–water partition coefficient (Wildman–Crippen LogP) is 5.65. The lowest BCUT2D eigenvalue weighted by atomic mass is 9.85. The van der Waals surface area contributed by atoms with Crippen LogP contribution in [-0.4, -0.2) is 74.7 Å². The Hall–Kier alpha value is -2.58. The average molecular weight is 543 g/mol. The second kappa shape index (κ2) is 15.9. The van der Waals surface area contributed by atoms with Gasteiger partial charge in [-0.2, -0.15) is 5.10 Å². The predicted molar refractivity (Wildman–Crippen MR) is 157 cm³/mol. The average Bonchev–Trinajstić information content (AvgIpc) is 3.37. The van der Waals surface area contributed by atoms with E-state index in [-0.39, 0.29) is 11.9 Å². The molecular formula is C31H50N4O4. The van der Waals surface area contributed by atoms with Crippen LogP contribution in [0.1, 0.15) is 75.7 Å². The first-order chi connectivity index (χ1) is 18.9. The Bertz CT molecular complexity index is 996. The maximum Gasteiger partial charge on any atom is 0.272 e. The zero-order chi connectivity index (χ0) is 28.2. The summed E-state index contributed by atoms with van der Waals surface area (Å²) in [5.41, 5.74) is 2.06. The molecule has 0 spiro atoms. The number of carbonyl (C=O) groups excluding carboxylic acids is 1. The molecule has 1 aliphatic rings. The smallest absolute Gasteiger partial charge is 0.272 e. The number of aromatic nitrogens is 2. The van der Waals surface area contributed by atoms with Crippen molar-refractivity contribution in [3.05, 3.63) is 30.0 Å². The van der Waals surface area contributed by atoms with E-state index in [0.717, 1.165) is 49.5 Å². The standard InChI is InChI=1S/C31H50N4O4/c1-7-23(2)21-35-27(30-28(38-5)14-11-15-29(30)39-6)20-26(33-35)31(36)32-25(22-34(3)18-19-37-4)17-16-24-12-9-8-10-13-24/h11,14-15,20,23-25H,7-10,12-13,16-19,21-22H2,1-6H3,(H,32,36)/t23?,25-/m0/s1. The van der Waals surface area contributed by atoms with Crippen molar-refractivity contribution < 1.29 is 19.0 Å². The third-order valence-electron chi connectivity index (χ3n) is 8.07. The van der Waals surface area contributed by atoms with Crippen molar-refractivity contribution in [2.24, 2.45) is 11.8 Å². The number of hydrogen-bond acceptors (Lipinski definition) is 6. The quantitative estimate of drug-likeness (QED) is 0.295. The number of likely N-dealkylation sites (N-methyl/N-ethyl adjacent to an activating group) is 1. The lowest BCUT2D eigenvalue weighted by Crippen LogP contribution is -2.43. The first kappa shape index (κ1) is 31.0. The van der Waals surface area contributed by atoms with Crippen molar-refractivity contribution in [3.8, 4) is 22.8 Å². The van der Waals surface area contributed by atoms with Crippen LogP contribution in [0.15, 0.2) is 24.3 Å². The zero-order valence-electron chi connectivity index (χ0n) is 25.0. The Morgan fingerprint density at radius 2 is 1.85 bits per heavy atom. The van der Waals surface area contributed by atoms with Gasteiger partial charge in [-0.1, -0.05) is 58.4 Å². The fourth-order valence-corrected chi connectivity index (χ4v) is 5.49. The summed E-state index contributed by atoms with van der Waals surface area (Å²) in [6.45, 7) is 7.34. The third-order valence-corrected chi connectivity index (χ3v) is 8.07. The fourth-order valence-electron chi connectivity index (χ4n) is 5.49. The maximum atomic E-state index is 13.7. The monoisotopic (exact) mass is 542 g/mol. The van der Waals surface area contributed by atoms with E-state index in [1.807, 2.05) is 28.9 Å². The Balaban J connectivity index is 1.86. The summed E-state index contributed by atoms with van der Waals surface area (Å²) in [5.74, 6) is 2.41. The van der Waals surface area contributed by atoms with Crippen LogP contribution in [0.2, 0.25) is 0 Å². The molecule has 1 aromatic heterocycles. The number of benzene rings is 1. The molecule has 1 heterocycles. The van der Waals surface area contributed by atoms with Gasteiger partial charge >= 0.3 is 0 Å². The lowest BCUT2D eigenvalue weighted by molar-refractivity contribution is 0.0910. The van der Waals surface area contributed by atoms with Crippen molar-refractivity contribution in [2.45, 2.75) is 77.8 Å². The van der Waals surface area contributed by atoms with Gasteiger partial charge in [-0.05, 0) is 49.9 Å². The molecule has 3 rings (SSSR count). The van der Waals surface area contributed by atoms with Crippen LogP contribution in [0.4, 0.5) is 0 Å². The summed E-state index contributed by atoms with van der Waals surface area (Å²) in [6.07, 6.45) is 9.77. The number of nitrogens with zero attached hydrogens (tertiary/aromatic N) is 3. The fraction of sp³-hybridized carbons (Fsp3) is 0.677. The molecule has 1 saturated carbocycles. The second-order valence-electron chi connectivity index (χ2n) is 11.2. The highest BCUT2D eigenvalue weighted by Crippen LogP contribution is 2.39. The number of ether oxygens (including phenoxy) is 3. The molecule has 1 N–H and O–H groups in total. The summed E-state index contributed by atoms with van der Waals surface area (Å²) in [6, 6.07) is 7.65. The molecule has 1 unspecified atom stereocenters. The lowest BCUT2D eigenvalue weighted by Gasteiger charge is -2.27. The van der Waals surface area contributed by atoms with Gasteiger partial charge in [0.2, 0.25) is 0 Å². The van der Waals surface area contributed by atoms with Crippen LogP contribution in [-0.2, 0) is 11.3 Å². The topological polar surface area (TPSA) is 77.9 Å². The molecular weight excluding hydrogens is 492 g/mol. The molecule has 2 aromatic rings.